The van der Waals surface area contributed by atoms with Crippen LogP contribution in [0.1, 0.15) is 60.4 Å². The molecule has 11 nitrogen and oxygen atoms in total. The average Bonchev–Trinajstić information content (AvgIpc) is 3.19. The van der Waals surface area contributed by atoms with Crippen molar-refractivity contribution in [2.24, 2.45) is 11.7 Å². The van der Waals surface area contributed by atoms with Crippen molar-refractivity contribution in [3.8, 4) is 16.9 Å². The first kappa shape index (κ1) is 35.3. The number of carbonyl (C=O) groups is 1. The Bertz CT molecular complexity index is 1520. The summed E-state index contributed by atoms with van der Waals surface area (Å²) in [5.41, 5.74) is 9.70. The first-order chi connectivity index (χ1) is 20.1. The van der Waals surface area contributed by atoms with E-state index in [2.05, 4.69) is 18.4 Å². The number of hydrogen-bond acceptors (Lipinski definition) is 5. The molecular formula is C28H36Cl2N2O9P2. The molecule has 0 unspecified atom stereocenters. The van der Waals surface area contributed by atoms with Crippen LogP contribution in [-0.4, -0.2) is 36.7 Å². The molecule has 0 saturated carbocycles. The van der Waals surface area contributed by atoms with Crippen LogP contribution in [-0.2, 0) is 39.5 Å². The van der Waals surface area contributed by atoms with Crippen LogP contribution in [0.5, 0.6) is 5.75 Å². The number of primary amides is 1. The van der Waals surface area contributed by atoms with E-state index >= 15 is 0 Å². The molecule has 2 aromatic carbocycles. The van der Waals surface area contributed by atoms with Crippen molar-refractivity contribution in [1.82, 2.24) is 4.57 Å². The fourth-order valence-corrected chi connectivity index (χ4v) is 6.32. The Morgan fingerprint density at radius 2 is 1.67 bits per heavy atom. The molecule has 0 aliphatic rings. The quantitative estimate of drug-likeness (QED) is 0.0859. The van der Waals surface area contributed by atoms with Crippen LogP contribution in [0.25, 0.3) is 11.1 Å². The number of phosphoric acid groups is 2. The number of hydrogen-bond donors (Lipinski definition) is 5. The number of carbonyl (C=O) groups excluding carboxylic acids is 1. The minimum atomic E-state index is -4.87. The third-order valence-corrected chi connectivity index (χ3v) is 8.34. The molecule has 0 fully saturated rings. The van der Waals surface area contributed by atoms with E-state index in [0.29, 0.717) is 41.1 Å². The van der Waals surface area contributed by atoms with E-state index in [9.17, 15) is 23.7 Å². The van der Waals surface area contributed by atoms with E-state index < -0.39 is 21.6 Å². The summed E-state index contributed by atoms with van der Waals surface area (Å²) in [5.74, 6) is -0.707. The molecular weight excluding hydrogens is 641 g/mol. The number of halogens is 2. The van der Waals surface area contributed by atoms with Crippen molar-refractivity contribution in [3.63, 3.8) is 0 Å². The fraction of sp³-hybridized carbons (Fsp3) is 0.393. The summed E-state index contributed by atoms with van der Waals surface area (Å²) in [6.07, 6.45) is 3.55. The summed E-state index contributed by atoms with van der Waals surface area (Å²) in [5, 5.41) is 0.516. The van der Waals surface area contributed by atoms with Gasteiger partial charge in [0, 0.05) is 28.5 Å². The van der Waals surface area contributed by atoms with Crippen LogP contribution in [0.4, 0.5) is 0 Å². The third kappa shape index (κ3) is 10.5. The van der Waals surface area contributed by atoms with Gasteiger partial charge in [-0.25, -0.2) is 9.13 Å². The van der Waals surface area contributed by atoms with Crippen molar-refractivity contribution in [2.75, 3.05) is 6.61 Å². The first-order valence-electron chi connectivity index (χ1n) is 13.6. The van der Waals surface area contributed by atoms with Gasteiger partial charge in [0.05, 0.1) is 17.2 Å². The number of rotatable bonds is 16. The molecule has 15 heteroatoms. The lowest BCUT2D eigenvalue weighted by Gasteiger charge is -2.18. The van der Waals surface area contributed by atoms with Crippen LogP contribution in [0, 0.1) is 5.92 Å². The van der Waals surface area contributed by atoms with Gasteiger partial charge in [-0.15, -0.1) is 0 Å². The number of amides is 1. The Kier molecular flexibility index (Phi) is 12.5. The highest BCUT2D eigenvalue weighted by molar-refractivity contribution is 7.46. The number of aromatic nitrogens is 1. The maximum Gasteiger partial charge on any atom is 0.524 e. The number of nitrogens with two attached hydrogens (primary N) is 1. The predicted octanol–water partition coefficient (Wildman–Crippen LogP) is 6.30. The van der Waals surface area contributed by atoms with Gasteiger partial charge in [0.25, 0.3) is 5.91 Å². The lowest BCUT2D eigenvalue weighted by Crippen LogP contribution is -2.16. The highest BCUT2D eigenvalue weighted by Crippen LogP contribution is 2.44. The van der Waals surface area contributed by atoms with Gasteiger partial charge in [-0.3, -0.25) is 19.1 Å². The van der Waals surface area contributed by atoms with Gasteiger partial charge in [0.1, 0.15) is 5.75 Å². The van der Waals surface area contributed by atoms with E-state index in [1.807, 2.05) is 16.7 Å². The highest BCUT2D eigenvalue weighted by atomic mass is 35.5. The standard InChI is InChI=1S/C28H36Cl2N2O9P2/c1-3-5-18(2)16-24-26(20-9-13-25(22(30)17-20)41-43(37,38)39)27(28(31)33)23(12-8-19-6-10-21(29)11-7-19)32(24)14-4-15-40-42(34,35)36/h6-7,9-11,13,17-18H,3-5,8,12,14-16H2,1-2H3,(H2,31,33)(H2,34,35,36)(H2,37,38,39)/t18-/m1/s1. The highest BCUT2D eigenvalue weighted by Gasteiger charge is 2.29. The van der Waals surface area contributed by atoms with Crippen LogP contribution < -0.4 is 10.3 Å². The van der Waals surface area contributed by atoms with Crippen molar-refractivity contribution in [3.05, 3.63) is 75.0 Å². The van der Waals surface area contributed by atoms with E-state index in [0.717, 1.165) is 24.1 Å². The van der Waals surface area contributed by atoms with Crippen molar-refractivity contribution in [2.45, 2.75) is 58.9 Å². The van der Waals surface area contributed by atoms with Crippen LogP contribution >= 0.6 is 38.8 Å². The Morgan fingerprint density at radius 3 is 2.23 bits per heavy atom. The van der Waals surface area contributed by atoms with Gasteiger partial charge in [-0.2, -0.15) is 0 Å². The molecule has 6 N–H and O–H groups in total. The monoisotopic (exact) mass is 676 g/mol. The Morgan fingerprint density at radius 1 is 1.00 bits per heavy atom. The van der Waals surface area contributed by atoms with E-state index in [4.69, 9.17) is 43.2 Å². The van der Waals surface area contributed by atoms with Crippen LogP contribution in [0.2, 0.25) is 10.0 Å². The molecule has 3 aromatic rings. The van der Waals surface area contributed by atoms with Gasteiger partial charge < -0.3 is 24.6 Å². The van der Waals surface area contributed by atoms with E-state index in [1.165, 1.54) is 12.1 Å². The molecule has 236 valence electrons. The summed E-state index contributed by atoms with van der Waals surface area (Å²) in [7, 11) is -9.54. The first-order valence-corrected chi connectivity index (χ1v) is 17.4. The zero-order valence-corrected chi connectivity index (χ0v) is 27.1. The maximum atomic E-state index is 13.2. The summed E-state index contributed by atoms with van der Waals surface area (Å²) in [6.45, 7) is 4.21. The summed E-state index contributed by atoms with van der Waals surface area (Å²) in [4.78, 5) is 50.0. The molecule has 0 radical (unpaired) electrons. The number of phosphoric ester groups is 2. The average molecular weight is 677 g/mol. The zero-order chi connectivity index (χ0) is 31.9. The van der Waals surface area contributed by atoms with Gasteiger partial charge >= 0.3 is 15.6 Å². The molecule has 43 heavy (non-hydrogen) atoms. The molecule has 3 rings (SSSR count). The fourth-order valence-electron chi connectivity index (χ4n) is 5.14. The molecule has 1 aromatic heterocycles. The SMILES string of the molecule is CCC[C@@H](C)Cc1c(-c2ccc(OP(=O)(O)O)c(Cl)c2)c(C(N)=O)c(CCc2ccc(Cl)cc2)n1CCCOP(=O)(O)O. The second kappa shape index (κ2) is 15.2. The smallest absolute Gasteiger partial charge is 0.403 e. The summed E-state index contributed by atoms with van der Waals surface area (Å²) in [6, 6.07) is 11.7. The Labute approximate surface area is 260 Å². The second-order valence-corrected chi connectivity index (χ2v) is 13.5. The summed E-state index contributed by atoms with van der Waals surface area (Å²) < 4.78 is 34.0. The molecule has 0 bridgehead atoms. The van der Waals surface area contributed by atoms with Crippen molar-refractivity contribution >= 4 is 44.8 Å². The third-order valence-electron chi connectivity index (χ3n) is 6.84. The van der Waals surface area contributed by atoms with Crippen LogP contribution in [0.3, 0.4) is 0 Å². The molecule has 1 heterocycles. The minimum absolute atomic E-state index is 0.0747. The number of nitrogens with zero attached hydrogens (tertiary/aromatic N) is 1. The van der Waals surface area contributed by atoms with Crippen molar-refractivity contribution < 1.29 is 42.5 Å². The van der Waals surface area contributed by atoms with E-state index in [1.54, 1.807) is 18.2 Å². The molecule has 0 saturated heterocycles. The topological polar surface area (TPSA) is 182 Å². The molecule has 1 atom stereocenters. The maximum absolute atomic E-state index is 13.2. The predicted molar refractivity (Wildman–Crippen MR) is 165 cm³/mol. The Hall–Kier alpha value is -2.17. The van der Waals surface area contributed by atoms with E-state index in [-0.39, 0.29) is 41.8 Å². The van der Waals surface area contributed by atoms with Crippen molar-refractivity contribution in [1.29, 1.82) is 0 Å². The van der Waals surface area contributed by atoms with Crippen LogP contribution in [0.15, 0.2) is 42.5 Å². The Balaban J connectivity index is 2.21. The lowest BCUT2D eigenvalue weighted by atomic mass is 9.93. The van der Waals surface area contributed by atoms with Gasteiger partial charge in [-0.1, -0.05) is 68.1 Å². The van der Waals surface area contributed by atoms with Gasteiger partial charge in [0.15, 0.2) is 0 Å². The lowest BCUT2D eigenvalue weighted by molar-refractivity contribution is 0.0999. The molecule has 0 aliphatic heterocycles. The second-order valence-electron chi connectivity index (χ2n) is 10.3. The molecule has 1 amide bonds. The van der Waals surface area contributed by atoms with Gasteiger partial charge in [0.2, 0.25) is 0 Å². The number of benzene rings is 2. The minimum Gasteiger partial charge on any atom is -0.403 e. The molecule has 0 spiro atoms. The zero-order valence-electron chi connectivity index (χ0n) is 23.8. The summed E-state index contributed by atoms with van der Waals surface area (Å²) >= 11 is 12.4. The van der Waals surface area contributed by atoms with Gasteiger partial charge in [-0.05, 0) is 67.0 Å². The largest absolute Gasteiger partial charge is 0.524 e. The number of aryl methyl sites for hydroxylation is 1. The normalized spacial score (nSPS) is 12.8. The molecule has 0 aliphatic carbocycles.